The molecule has 1 aromatic carbocycles. The van der Waals surface area contributed by atoms with E-state index in [0.29, 0.717) is 6.42 Å². The third-order valence-corrected chi connectivity index (χ3v) is 5.29. The monoisotopic (exact) mass is 407 g/mol. The van der Waals surface area contributed by atoms with Gasteiger partial charge in [0.25, 0.3) is 0 Å². The highest BCUT2D eigenvalue weighted by Gasteiger charge is 2.38. The van der Waals surface area contributed by atoms with E-state index in [1.54, 1.807) is 35.4 Å². The molecule has 10 heteroatoms. The fourth-order valence-corrected chi connectivity index (χ4v) is 3.95. The van der Waals surface area contributed by atoms with Gasteiger partial charge in [-0.1, -0.05) is 12.1 Å². The minimum absolute atomic E-state index is 0.172. The van der Waals surface area contributed by atoms with Crippen LogP contribution in [0.15, 0.2) is 43.0 Å². The lowest BCUT2D eigenvalue weighted by molar-refractivity contribution is -0.147. The third kappa shape index (κ3) is 3.84. The van der Waals surface area contributed by atoms with Crippen molar-refractivity contribution in [2.24, 2.45) is 0 Å². The Hall–Kier alpha value is -2.88. The predicted octanol–water partition coefficient (Wildman–Crippen LogP) is 2.52. The van der Waals surface area contributed by atoms with Crippen molar-refractivity contribution in [1.82, 2.24) is 24.4 Å². The molecule has 3 atom stereocenters. The van der Waals surface area contributed by atoms with Crippen molar-refractivity contribution in [3.05, 3.63) is 48.8 Å². The molecule has 1 aliphatic rings. The molecule has 0 saturated heterocycles. The number of para-hydroxylation sites is 2. The summed E-state index contributed by atoms with van der Waals surface area (Å²) in [5.41, 5.74) is 0.404. The molecular weight excluding hydrogens is 387 g/mol. The van der Waals surface area contributed by atoms with Crippen LogP contribution in [0, 0.1) is 0 Å². The molecular formula is C19H20F3N5O2. The van der Waals surface area contributed by atoms with E-state index in [2.05, 4.69) is 15.3 Å². The number of hydrogen-bond donors (Lipinski definition) is 2. The number of nitrogens with one attached hydrogen (secondary N) is 1. The zero-order chi connectivity index (χ0) is 20.6. The van der Waals surface area contributed by atoms with Crippen LogP contribution in [0.4, 0.5) is 13.2 Å². The van der Waals surface area contributed by atoms with Gasteiger partial charge in [0, 0.05) is 12.4 Å². The maximum absolute atomic E-state index is 13.4. The highest BCUT2D eigenvalue weighted by molar-refractivity contribution is 5.81. The second-order valence-corrected chi connectivity index (χ2v) is 7.18. The van der Waals surface area contributed by atoms with Crippen molar-refractivity contribution in [1.29, 1.82) is 0 Å². The molecule has 154 valence electrons. The Labute approximate surface area is 164 Å². The molecule has 4 rings (SSSR count). The van der Waals surface area contributed by atoms with E-state index in [1.165, 1.54) is 12.1 Å². The summed E-state index contributed by atoms with van der Waals surface area (Å²) in [6.45, 7) is -0.533. The first-order valence-corrected chi connectivity index (χ1v) is 9.32. The summed E-state index contributed by atoms with van der Waals surface area (Å²) >= 11 is 0. The molecule has 0 radical (unpaired) electrons. The second kappa shape index (κ2) is 7.51. The quantitative estimate of drug-likeness (QED) is 0.696. The summed E-state index contributed by atoms with van der Waals surface area (Å²) in [5, 5.41) is 13.4. The maximum Gasteiger partial charge on any atom is 0.449 e. The smallest absolute Gasteiger partial charge is 0.389 e. The molecule has 0 bridgehead atoms. The van der Waals surface area contributed by atoms with Gasteiger partial charge in [-0.15, -0.1) is 0 Å². The number of nitrogens with zero attached hydrogens (tertiary/aromatic N) is 4. The maximum atomic E-state index is 13.4. The predicted molar refractivity (Wildman–Crippen MR) is 97.8 cm³/mol. The summed E-state index contributed by atoms with van der Waals surface area (Å²) in [6, 6.07) is 5.37. The Bertz CT molecular complexity index is 999. The number of halogens is 3. The van der Waals surface area contributed by atoms with Crippen molar-refractivity contribution in [2.75, 3.05) is 0 Å². The van der Waals surface area contributed by atoms with Crippen LogP contribution in [-0.2, 0) is 17.5 Å². The molecule has 1 amide bonds. The average Bonchev–Trinajstić information content (AvgIpc) is 3.32. The van der Waals surface area contributed by atoms with Crippen molar-refractivity contribution < 1.29 is 23.1 Å². The number of carbonyl (C=O) groups excluding carboxylic acids is 1. The highest BCUT2D eigenvalue weighted by atomic mass is 19.4. The largest absolute Gasteiger partial charge is 0.449 e. The molecule has 1 saturated carbocycles. The van der Waals surface area contributed by atoms with Crippen molar-refractivity contribution in [3.8, 4) is 0 Å². The Balaban J connectivity index is 1.53. The molecule has 0 aliphatic heterocycles. The van der Waals surface area contributed by atoms with Crippen LogP contribution in [-0.4, -0.2) is 42.3 Å². The van der Waals surface area contributed by atoms with Crippen LogP contribution in [0.5, 0.6) is 0 Å². The number of rotatable bonds is 4. The van der Waals surface area contributed by atoms with E-state index in [9.17, 15) is 23.1 Å². The zero-order valence-electron chi connectivity index (χ0n) is 15.4. The standard InChI is InChI=1S/C19H20F3N5O2/c20-19(21,22)18-25-12-4-1-2-6-14(12)27(18)10-16(28)24-13-5-3-7-15(17(13)29)26-9-8-23-11-26/h1-2,4,6,8-9,11,13,15,17,29H,3,5,7,10H2,(H,24,28)/t13-,15-,17-/m1/s1. The van der Waals surface area contributed by atoms with Crippen molar-refractivity contribution >= 4 is 16.9 Å². The van der Waals surface area contributed by atoms with Crippen molar-refractivity contribution in [3.63, 3.8) is 0 Å². The van der Waals surface area contributed by atoms with Crippen LogP contribution in [0.2, 0.25) is 0 Å². The molecule has 0 spiro atoms. The van der Waals surface area contributed by atoms with Gasteiger partial charge in [-0.3, -0.25) is 4.79 Å². The molecule has 2 aromatic heterocycles. The van der Waals surface area contributed by atoms with E-state index >= 15 is 0 Å². The molecule has 7 nitrogen and oxygen atoms in total. The fraction of sp³-hybridized carbons (Fsp3) is 0.421. The van der Waals surface area contributed by atoms with Gasteiger partial charge in [-0.25, -0.2) is 9.97 Å². The number of alkyl halides is 3. The van der Waals surface area contributed by atoms with Gasteiger partial charge in [-0.05, 0) is 31.4 Å². The van der Waals surface area contributed by atoms with Gasteiger partial charge >= 0.3 is 6.18 Å². The topological polar surface area (TPSA) is 85.0 Å². The number of imidazole rings is 2. The Morgan fingerprint density at radius 2 is 2.07 bits per heavy atom. The number of fused-ring (bicyclic) bond motifs is 1. The molecule has 3 aromatic rings. The van der Waals surface area contributed by atoms with E-state index in [-0.39, 0.29) is 17.1 Å². The molecule has 2 heterocycles. The molecule has 29 heavy (non-hydrogen) atoms. The number of carbonyl (C=O) groups is 1. The minimum Gasteiger partial charge on any atom is -0.389 e. The molecule has 1 aliphatic carbocycles. The van der Waals surface area contributed by atoms with Gasteiger partial charge in [0.1, 0.15) is 6.54 Å². The van der Waals surface area contributed by atoms with E-state index < -0.39 is 36.6 Å². The van der Waals surface area contributed by atoms with Gasteiger partial charge in [0.05, 0.1) is 35.5 Å². The van der Waals surface area contributed by atoms with Crippen LogP contribution >= 0.6 is 0 Å². The number of amides is 1. The Morgan fingerprint density at radius 3 is 2.79 bits per heavy atom. The second-order valence-electron chi connectivity index (χ2n) is 7.18. The first-order valence-electron chi connectivity index (χ1n) is 9.32. The number of hydrogen-bond acceptors (Lipinski definition) is 4. The summed E-state index contributed by atoms with van der Waals surface area (Å²) in [7, 11) is 0. The van der Waals surface area contributed by atoms with Crippen LogP contribution in [0.25, 0.3) is 11.0 Å². The van der Waals surface area contributed by atoms with Crippen LogP contribution < -0.4 is 5.32 Å². The summed E-state index contributed by atoms with van der Waals surface area (Å²) in [4.78, 5) is 20.2. The number of benzene rings is 1. The first kappa shape index (κ1) is 19.4. The lowest BCUT2D eigenvalue weighted by atomic mass is 9.88. The van der Waals surface area contributed by atoms with E-state index in [0.717, 1.165) is 17.4 Å². The van der Waals surface area contributed by atoms with Gasteiger partial charge in [-0.2, -0.15) is 13.2 Å². The Kier molecular flexibility index (Phi) is 5.03. The number of aliphatic hydroxyl groups excluding tert-OH is 1. The lowest BCUT2D eigenvalue weighted by Crippen LogP contribution is -2.50. The average molecular weight is 407 g/mol. The minimum atomic E-state index is -4.68. The number of aliphatic hydroxyl groups is 1. The van der Waals surface area contributed by atoms with E-state index in [4.69, 9.17) is 0 Å². The number of aromatic nitrogens is 4. The van der Waals surface area contributed by atoms with E-state index in [1.807, 2.05) is 0 Å². The summed E-state index contributed by atoms with van der Waals surface area (Å²) in [5.74, 6) is -1.72. The molecule has 2 N–H and O–H groups in total. The van der Waals surface area contributed by atoms with Gasteiger partial charge < -0.3 is 19.6 Å². The normalized spacial score (nSPS) is 22.7. The third-order valence-electron chi connectivity index (χ3n) is 5.29. The lowest BCUT2D eigenvalue weighted by Gasteiger charge is -2.35. The van der Waals surface area contributed by atoms with Crippen molar-refractivity contribution in [2.45, 2.75) is 50.2 Å². The van der Waals surface area contributed by atoms with Crippen LogP contribution in [0.1, 0.15) is 31.1 Å². The Morgan fingerprint density at radius 1 is 1.28 bits per heavy atom. The SMILES string of the molecule is O=C(Cn1c(C(F)(F)F)nc2ccccc21)N[C@@H]1CCC[C@@H](n2ccnc2)[C@@H]1O. The molecule has 1 fully saturated rings. The molecule has 0 unspecified atom stereocenters. The van der Waals surface area contributed by atoms with Gasteiger partial charge in [0.2, 0.25) is 11.7 Å². The van der Waals surface area contributed by atoms with Crippen LogP contribution in [0.3, 0.4) is 0 Å². The zero-order valence-corrected chi connectivity index (χ0v) is 15.4. The summed E-state index contributed by atoms with van der Waals surface area (Å²) < 4.78 is 42.9. The highest BCUT2D eigenvalue weighted by Crippen LogP contribution is 2.32. The first-order chi connectivity index (χ1) is 13.8. The summed E-state index contributed by atoms with van der Waals surface area (Å²) in [6.07, 6.45) is 1.46. The van der Waals surface area contributed by atoms with Gasteiger partial charge in [0.15, 0.2) is 0 Å². The fourth-order valence-electron chi connectivity index (χ4n) is 3.95.